The van der Waals surface area contributed by atoms with Crippen LogP contribution in [0.15, 0.2) is 24.4 Å². The summed E-state index contributed by atoms with van der Waals surface area (Å²) >= 11 is 0. The third-order valence-corrected chi connectivity index (χ3v) is 4.95. The zero-order valence-electron chi connectivity index (χ0n) is 15.0. The molecule has 0 aliphatic carbocycles. The van der Waals surface area contributed by atoms with Crippen molar-refractivity contribution in [3.63, 3.8) is 0 Å². The molecule has 2 heterocycles. The van der Waals surface area contributed by atoms with Crippen molar-refractivity contribution in [3.05, 3.63) is 24.4 Å². The van der Waals surface area contributed by atoms with Crippen LogP contribution in [0.1, 0.15) is 27.7 Å². The lowest BCUT2D eigenvalue weighted by atomic mass is 9.79. The second kappa shape index (κ2) is 5.62. The molecule has 1 aliphatic rings. The zero-order chi connectivity index (χ0) is 16.8. The van der Waals surface area contributed by atoms with Gasteiger partial charge in [0, 0.05) is 11.9 Å². The lowest BCUT2D eigenvalue weighted by Crippen LogP contribution is -2.41. The number of aromatic nitrogens is 2. The average Bonchev–Trinajstić information content (AvgIpc) is 2.94. The molecule has 1 saturated heterocycles. The van der Waals surface area contributed by atoms with E-state index >= 15 is 0 Å². The molecular formula is C17H26BN3O2. The fourth-order valence-electron chi connectivity index (χ4n) is 2.69. The molecule has 0 bridgehead atoms. The highest BCUT2D eigenvalue weighted by atomic mass is 16.7. The summed E-state index contributed by atoms with van der Waals surface area (Å²) in [6.45, 7) is 10.1. The molecule has 1 fully saturated rings. The number of hydrogen-bond donors (Lipinski definition) is 0. The highest BCUT2D eigenvalue weighted by Gasteiger charge is 2.51. The number of rotatable bonds is 4. The molecule has 0 N–H and O–H groups in total. The van der Waals surface area contributed by atoms with Crippen LogP contribution in [-0.4, -0.2) is 53.6 Å². The van der Waals surface area contributed by atoms with Crippen LogP contribution in [0.5, 0.6) is 0 Å². The Hall–Kier alpha value is -1.37. The van der Waals surface area contributed by atoms with E-state index in [9.17, 15) is 0 Å². The minimum atomic E-state index is -0.332. The van der Waals surface area contributed by atoms with Gasteiger partial charge in [0.2, 0.25) is 0 Å². The van der Waals surface area contributed by atoms with Crippen molar-refractivity contribution in [3.8, 4) is 0 Å². The van der Waals surface area contributed by atoms with E-state index in [1.165, 1.54) is 0 Å². The first-order chi connectivity index (χ1) is 10.7. The number of hydrogen-bond acceptors (Lipinski definition) is 4. The molecule has 0 atom stereocenters. The maximum Gasteiger partial charge on any atom is 0.494 e. The second-order valence-corrected chi connectivity index (χ2v) is 7.58. The van der Waals surface area contributed by atoms with Gasteiger partial charge in [-0.1, -0.05) is 12.1 Å². The Kier molecular flexibility index (Phi) is 4.03. The quantitative estimate of drug-likeness (QED) is 0.808. The molecule has 2 aromatic rings. The van der Waals surface area contributed by atoms with E-state index < -0.39 is 0 Å². The van der Waals surface area contributed by atoms with Gasteiger partial charge in [-0.15, -0.1) is 0 Å². The highest BCUT2D eigenvalue weighted by molar-refractivity contribution is 6.62. The van der Waals surface area contributed by atoms with Crippen LogP contribution in [0.4, 0.5) is 0 Å². The van der Waals surface area contributed by atoms with E-state index in [2.05, 4.69) is 70.0 Å². The van der Waals surface area contributed by atoms with Gasteiger partial charge in [-0.05, 0) is 53.3 Å². The third kappa shape index (κ3) is 3.03. The molecule has 5 nitrogen and oxygen atoms in total. The summed E-state index contributed by atoms with van der Waals surface area (Å²) in [5.74, 6) is 0. The number of nitrogens with zero attached hydrogens (tertiary/aromatic N) is 3. The maximum absolute atomic E-state index is 6.15. The molecule has 1 aliphatic heterocycles. The van der Waals surface area contributed by atoms with E-state index in [0.29, 0.717) is 0 Å². The third-order valence-electron chi connectivity index (χ3n) is 4.95. The predicted molar refractivity (Wildman–Crippen MR) is 94.0 cm³/mol. The van der Waals surface area contributed by atoms with Gasteiger partial charge in [-0.25, -0.2) is 0 Å². The number of fused-ring (bicyclic) bond motifs is 1. The Labute approximate surface area is 138 Å². The smallest absolute Gasteiger partial charge is 0.399 e. The van der Waals surface area contributed by atoms with Crippen LogP contribution in [-0.2, 0) is 15.9 Å². The van der Waals surface area contributed by atoms with Gasteiger partial charge in [-0.2, -0.15) is 5.10 Å². The van der Waals surface area contributed by atoms with Gasteiger partial charge < -0.3 is 14.2 Å². The largest absolute Gasteiger partial charge is 0.494 e. The van der Waals surface area contributed by atoms with Crippen molar-refractivity contribution in [2.45, 2.75) is 45.4 Å². The summed E-state index contributed by atoms with van der Waals surface area (Å²) in [6.07, 6.45) is 1.92. The Morgan fingerprint density at radius 1 is 1.13 bits per heavy atom. The minimum absolute atomic E-state index is 0.322. The summed E-state index contributed by atoms with van der Waals surface area (Å²) in [5.41, 5.74) is 1.53. The summed E-state index contributed by atoms with van der Waals surface area (Å²) in [6, 6.07) is 6.30. The monoisotopic (exact) mass is 315 g/mol. The molecule has 1 aromatic heterocycles. The van der Waals surface area contributed by atoms with Gasteiger partial charge in [0.05, 0.1) is 29.5 Å². The second-order valence-electron chi connectivity index (χ2n) is 7.58. The van der Waals surface area contributed by atoms with Crippen LogP contribution in [0.2, 0.25) is 0 Å². The lowest BCUT2D eigenvalue weighted by molar-refractivity contribution is 0.00578. The molecule has 0 radical (unpaired) electrons. The molecule has 23 heavy (non-hydrogen) atoms. The van der Waals surface area contributed by atoms with Crippen LogP contribution in [0.3, 0.4) is 0 Å². The van der Waals surface area contributed by atoms with E-state index in [-0.39, 0.29) is 18.3 Å². The molecule has 0 unspecified atom stereocenters. The van der Waals surface area contributed by atoms with E-state index in [1.54, 1.807) is 0 Å². The van der Waals surface area contributed by atoms with Crippen LogP contribution in [0.25, 0.3) is 10.9 Å². The van der Waals surface area contributed by atoms with Gasteiger partial charge >= 0.3 is 7.12 Å². The van der Waals surface area contributed by atoms with Crippen LogP contribution < -0.4 is 5.46 Å². The summed E-state index contributed by atoms with van der Waals surface area (Å²) < 4.78 is 14.4. The minimum Gasteiger partial charge on any atom is -0.399 e. The fourth-order valence-corrected chi connectivity index (χ4v) is 2.69. The number of benzene rings is 1. The average molecular weight is 315 g/mol. The van der Waals surface area contributed by atoms with Crippen LogP contribution in [0, 0.1) is 0 Å². The van der Waals surface area contributed by atoms with Gasteiger partial charge in [0.1, 0.15) is 0 Å². The fraction of sp³-hybridized carbons (Fsp3) is 0.588. The van der Waals surface area contributed by atoms with Crippen molar-refractivity contribution >= 4 is 23.5 Å². The molecule has 0 spiro atoms. The van der Waals surface area contributed by atoms with Crippen molar-refractivity contribution in [1.82, 2.24) is 14.7 Å². The zero-order valence-corrected chi connectivity index (χ0v) is 15.0. The summed E-state index contributed by atoms with van der Waals surface area (Å²) in [5, 5.41) is 5.64. The molecule has 6 heteroatoms. The molecule has 1 aromatic carbocycles. The molecule has 0 saturated carbocycles. The first-order valence-electron chi connectivity index (χ1n) is 8.15. The normalized spacial score (nSPS) is 19.9. The van der Waals surface area contributed by atoms with Crippen molar-refractivity contribution < 1.29 is 9.31 Å². The van der Waals surface area contributed by atoms with Crippen molar-refractivity contribution in [1.29, 1.82) is 0 Å². The SMILES string of the molecule is CN(C)CCn1ncc2ccc(B3OC(C)(C)C(C)(C)O3)cc21. The Bertz CT molecular complexity index is 693. The Morgan fingerprint density at radius 3 is 2.39 bits per heavy atom. The topological polar surface area (TPSA) is 39.5 Å². The van der Waals surface area contributed by atoms with Crippen molar-refractivity contribution in [2.24, 2.45) is 0 Å². The van der Waals surface area contributed by atoms with E-state index in [1.807, 2.05) is 10.9 Å². The maximum atomic E-state index is 6.15. The molecule has 3 rings (SSSR count). The standard InChI is InChI=1S/C17H26BN3O2/c1-16(2)17(3,4)23-18(22-16)14-8-7-13-12-19-21(15(13)11-14)10-9-20(5)6/h7-8,11-12H,9-10H2,1-6H3. The Balaban J connectivity index is 1.90. The molecule has 124 valence electrons. The van der Waals surface area contributed by atoms with E-state index in [0.717, 1.165) is 29.5 Å². The Morgan fingerprint density at radius 2 is 1.78 bits per heavy atom. The number of likely N-dealkylation sites (N-methyl/N-ethyl adjacent to an activating group) is 1. The van der Waals surface area contributed by atoms with Crippen molar-refractivity contribution in [2.75, 3.05) is 20.6 Å². The van der Waals surface area contributed by atoms with E-state index in [4.69, 9.17) is 9.31 Å². The first-order valence-corrected chi connectivity index (χ1v) is 8.15. The highest BCUT2D eigenvalue weighted by Crippen LogP contribution is 2.36. The lowest BCUT2D eigenvalue weighted by Gasteiger charge is -2.32. The molecule has 0 amide bonds. The molecular weight excluding hydrogens is 289 g/mol. The first kappa shape index (κ1) is 16.5. The summed E-state index contributed by atoms with van der Waals surface area (Å²) in [7, 11) is 3.81. The van der Waals surface area contributed by atoms with Gasteiger partial charge in [0.25, 0.3) is 0 Å². The predicted octanol–water partition coefficient (Wildman–Crippen LogP) is 1.90. The van der Waals surface area contributed by atoms with Gasteiger partial charge in [-0.3, -0.25) is 4.68 Å². The van der Waals surface area contributed by atoms with Gasteiger partial charge in [0.15, 0.2) is 0 Å². The summed E-state index contributed by atoms with van der Waals surface area (Å²) in [4.78, 5) is 2.16. The van der Waals surface area contributed by atoms with Crippen LogP contribution >= 0.6 is 0 Å².